The highest BCUT2D eigenvalue weighted by Crippen LogP contribution is 2.39. The molecule has 0 bridgehead atoms. The van der Waals surface area contributed by atoms with Crippen molar-refractivity contribution in [2.24, 2.45) is 5.73 Å². The Kier molecular flexibility index (Phi) is 6.70. The molecule has 1 spiro atoms. The second-order valence-corrected chi connectivity index (χ2v) is 8.87. The molecule has 6 heteroatoms. The Morgan fingerprint density at radius 2 is 1.62 bits per heavy atom. The van der Waals surface area contributed by atoms with Crippen molar-refractivity contribution >= 4 is 23.2 Å². The molecular formula is C26H31N3O3. The zero-order chi connectivity index (χ0) is 22.6. The number of Topliss-reactive ketones (excluding diaryl/α,β-unsaturated/α-hetero) is 2. The Hall–Kier alpha value is -2.99. The third-order valence-electron chi connectivity index (χ3n) is 6.95. The number of nitrogens with zero attached hydrogens (tertiary/aromatic N) is 2. The summed E-state index contributed by atoms with van der Waals surface area (Å²) in [6, 6.07) is 17.3. The normalized spacial score (nSPS) is 18.2. The molecule has 2 heterocycles. The van der Waals surface area contributed by atoms with E-state index in [1.54, 1.807) is 18.2 Å². The van der Waals surface area contributed by atoms with E-state index in [1.807, 2.05) is 24.3 Å². The van der Waals surface area contributed by atoms with Gasteiger partial charge in [-0.1, -0.05) is 36.4 Å². The number of piperidine rings is 1. The van der Waals surface area contributed by atoms with Crippen LogP contribution in [0.15, 0.2) is 54.6 Å². The Morgan fingerprint density at radius 1 is 0.938 bits per heavy atom. The SMILES string of the molecule is NC(=O)c1ccccc1CC(=O)CCCN1CCC2(CC1)C(=O)CCN2c1ccccc1. The summed E-state index contributed by atoms with van der Waals surface area (Å²) in [5.74, 6) is -0.0145. The second kappa shape index (κ2) is 9.65. The van der Waals surface area contributed by atoms with Crippen LogP contribution in [0.1, 0.15) is 48.0 Å². The fourth-order valence-electron chi connectivity index (χ4n) is 5.21. The van der Waals surface area contributed by atoms with Gasteiger partial charge in [-0.3, -0.25) is 14.4 Å². The number of para-hydroxylation sites is 1. The smallest absolute Gasteiger partial charge is 0.248 e. The molecule has 0 radical (unpaired) electrons. The van der Waals surface area contributed by atoms with Gasteiger partial charge in [0.25, 0.3) is 0 Å². The number of nitrogens with two attached hydrogens (primary N) is 1. The van der Waals surface area contributed by atoms with Crippen molar-refractivity contribution in [2.45, 2.75) is 44.1 Å². The zero-order valence-corrected chi connectivity index (χ0v) is 18.5. The number of rotatable bonds is 8. The Morgan fingerprint density at radius 3 is 2.34 bits per heavy atom. The van der Waals surface area contributed by atoms with Crippen LogP contribution in [-0.2, 0) is 16.0 Å². The molecule has 2 aromatic carbocycles. The van der Waals surface area contributed by atoms with Gasteiger partial charge in [0.15, 0.2) is 5.78 Å². The highest BCUT2D eigenvalue weighted by Gasteiger charge is 2.49. The van der Waals surface area contributed by atoms with Gasteiger partial charge in [0, 0.05) is 50.1 Å². The van der Waals surface area contributed by atoms with Crippen molar-refractivity contribution < 1.29 is 14.4 Å². The van der Waals surface area contributed by atoms with Crippen molar-refractivity contribution in [1.82, 2.24) is 4.90 Å². The van der Waals surface area contributed by atoms with Gasteiger partial charge < -0.3 is 15.5 Å². The number of benzene rings is 2. The van der Waals surface area contributed by atoms with Gasteiger partial charge >= 0.3 is 0 Å². The van der Waals surface area contributed by atoms with Crippen LogP contribution in [0.2, 0.25) is 0 Å². The molecule has 2 fully saturated rings. The van der Waals surface area contributed by atoms with Crippen LogP contribution in [0.5, 0.6) is 0 Å². The maximum atomic E-state index is 12.9. The van der Waals surface area contributed by atoms with Crippen LogP contribution in [0, 0.1) is 0 Å². The lowest BCUT2D eigenvalue weighted by Gasteiger charge is -2.44. The molecule has 0 aliphatic carbocycles. The molecule has 1 amide bonds. The lowest BCUT2D eigenvalue weighted by atomic mass is 9.83. The topological polar surface area (TPSA) is 83.7 Å². The van der Waals surface area contributed by atoms with Crippen LogP contribution in [0.25, 0.3) is 0 Å². The van der Waals surface area contributed by atoms with Crippen LogP contribution < -0.4 is 10.6 Å². The Labute approximate surface area is 189 Å². The monoisotopic (exact) mass is 433 g/mol. The molecule has 2 aliphatic rings. The number of primary amides is 1. The van der Waals surface area contributed by atoms with E-state index in [9.17, 15) is 14.4 Å². The fourth-order valence-corrected chi connectivity index (χ4v) is 5.21. The Bertz CT molecular complexity index is 981. The van der Waals surface area contributed by atoms with Crippen molar-refractivity contribution in [2.75, 3.05) is 31.1 Å². The maximum absolute atomic E-state index is 12.9. The largest absolute Gasteiger partial charge is 0.366 e. The van der Waals surface area contributed by atoms with Gasteiger partial charge in [0.05, 0.1) is 0 Å². The lowest BCUT2D eigenvalue weighted by molar-refractivity contribution is -0.123. The highest BCUT2D eigenvalue weighted by atomic mass is 16.1. The molecule has 2 aromatic rings. The minimum atomic E-state index is -0.498. The van der Waals surface area contributed by atoms with Gasteiger partial charge in [0.2, 0.25) is 5.91 Å². The number of hydrogen-bond acceptors (Lipinski definition) is 5. The lowest BCUT2D eigenvalue weighted by Crippen LogP contribution is -2.56. The third kappa shape index (κ3) is 4.60. The molecule has 2 aliphatic heterocycles. The van der Waals surface area contributed by atoms with Crippen LogP contribution in [0.4, 0.5) is 5.69 Å². The van der Waals surface area contributed by atoms with Crippen molar-refractivity contribution in [1.29, 1.82) is 0 Å². The molecule has 2 saturated heterocycles. The summed E-state index contributed by atoms with van der Waals surface area (Å²) in [6.45, 7) is 3.38. The van der Waals surface area contributed by atoms with Crippen molar-refractivity contribution in [3.8, 4) is 0 Å². The molecule has 6 nitrogen and oxygen atoms in total. The van der Waals surface area contributed by atoms with E-state index in [1.165, 1.54) is 0 Å². The zero-order valence-electron chi connectivity index (χ0n) is 18.5. The number of carbonyl (C=O) groups excluding carboxylic acids is 3. The molecule has 0 atom stereocenters. The first-order valence-electron chi connectivity index (χ1n) is 11.5. The average Bonchev–Trinajstić information content (AvgIpc) is 3.11. The summed E-state index contributed by atoms with van der Waals surface area (Å²) in [6.07, 6.45) is 3.78. The second-order valence-electron chi connectivity index (χ2n) is 8.87. The van der Waals surface area contributed by atoms with E-state index >= 15 is 0 Å². The highest BCUT2D eigenvalue weighted by molar-refractivity contribution is 5.96. The average molecular weight is 434 g/mol. The van der Waals surface area contributed by atoms with Crippen LogP contribution >= 0.6 is 0 Å². The molecule has 0 unspecified atom stereocenters. The van der Waals surface area contributed by atoms with Crippen molar-refractivity contribution in [3.05, 3.63) is 65.7 Å². The summed E-state index contributed by atoms with van der Waals surface area (Å²) >= 11 is 0. The minimum Gasteiger partial charge on any atom is -0.366 e. The first kappa shape index (κ1) is 22.2. The van der Waals surface area contributed by atoms with E-state index in [4.69, 9.17) is 5.73 Å². The van der Waals surface area contributed by atoms with Gasteiger partial charge in [-0.25, -0.2) is 0 Å². The summed E-state index contributed by atoms with van der Waals surface area (Å²) in [7, 11) is 0. The van der Waals surface area contributed by atoms with Gasteiger partial charge in [-0.15, -0.1) is 0 Å². The summed E-state index contributed by atoms with van der Waals surface area (Å²) < 4.78 is 0. The number of hydrogen-bond donors (Lipinski definition) is 1. The molecule has 2 N–H and O–H groups in total. The summed E-state index contributed by atoms with van der Waals surface area (Å²) in [5.41, 5.74) is 7.30. The first-order chi connectivity index (χ1) is 15.5. The van der Waals surface area contributed by atoms with E-state index in [0.717, 1.165) is 51.1 Å². The number of likely N-dealkylation sites (tertiary alicyclic amines) is 1. The summed E-state index contributed by atoms with van der Waals surface area (Å²) in [5, 5.41) is 0. The van der Waals surface area contributed by atoms with Gasteiger partial charge in [-0.05, 0) is 49.6 Å². The quantitative estimate of drug-likeness (QED) is 0.692. The molecule has 32 heavy (non-hydrogen) atoms. The van der Waals surface area contributed by atoms with Gasteiger partial charge in [0.1, 0.15) is 11.3 Å². The molecular weight excluding hydrogens is 402 g/mol. The predicted molar refractivity (Wildman–Crippen MR) is 125 cm³/mol. The van der Waals surface area contributed by atoms with Crippen molar-refractivity contribution in [3.63, 3.8) is 0 Å². The fraction of sp³-hybridized carbons (Fsp3) is 0.423. The van der Waals surface area contributed by atoms with E-state index < -0.39 is 5.91 Å². The standard InChI is InChI=1S/C26H31N3O3/c27-25(32)23-11-5-4-7-20(23)19-22(30)10-6-15-28-17-13-26(14-18-28)24(31)12-16-29(26)21-8-2-1-3-9-21/h1-5,7-9,11H,6,10,12-19H2,(H2,27,32). The van der Waals surface area contributed by atoms with Crippen LogP contribution in [-0.4, -0.2) is 54.1 Å². The maximum Gasteiger partial charge on any atom is 0.248 e. The van der Waals surface area contributed by atoms with Gasteiger partial charge in [-0.2, -0.15) is 0 Å². The van der Waals surface area contributed by atoms with Crippen LogP contribution in [0.3, 0.4) is 0 Å². The van der Waals surface area contributed by atoms with E-state index in [-0.39, 0.29) is 17.7 Å². The number of ketones is 2. The predicted octanol–water partition coefficient (Wildman–Crippen LogP) is 2.99. The number of carbonyl (C=O) groups is 3. The molecule has 0 saturated carbocycles. The Balaban J connectivity index is 1.27. The van der Waals surface area contributed by atoms with E-state index in [0.29, 0.717) is 29.8 Å². The summed E-state index contributed by atoms with van der Waals surface area (Å²) in [4.78, 5) is 41.5. The van der Waals surface area contributed by atoms with E-state index in [2.05, 4.69) is 21.9 Å². The molecule has 0 aromatic heterocycles. The first-order valence-corrected chi connectivity index (χ1v) is 11.5. The molecule has 4 rings (SSSR count). The third-order valence-corrected chi connectivity index (χ3v) is 6.95. The minimum absolute atomic E-state index is 0.119. The molecule has 168 valence electrons. The number of amides is 1. The number of anilines is 1.